The summed E-state index contributed by atoms with van der Waals surface area (Å²) in [4.78, 5) is 0. The Hall–Kier alpha value is -6.44. The predicted molar refractivity (Wildman–Crippen MR) is 209 cm³/mol. The largest absolute Gasteiger partial charge is 0.309 e. The van der Waals surface area contributed by atoms with Crippen LogP contribution in [0.25, 0.3) is 49.7 Å². The summed E-state index contributed by atoms with van der Waals surface area (Å²) in [7, 11) is 0. The summed E-state index contributed by atoms with van der Waals surface area (Å²) in [5.74, 6) is 0. The van der Waals surface area contributed by atoms with Crippen LogP contribution in [-0.2, 0) is 10.8 Å². The molecule has 0 saturated heterocycles. The van der Waals surface area contributed by atoms with E-state index < -0.39 is 10.8 Å². The molecule has 0 saturated carbocycles. The fourth-order valence-corrected chi connectivity index (χ4v) is 10.5. The van der Waals surface area contributed by atoms with Gasteiger partial charge in [-0.1, -0.05) is 158 Å². The third kappa shape index (κ3) is 3.11. The molecule has 12 rings (SSSR count). The number of rotatable bonds is 1. The number of hydrogen-bond acceptors (Lipinski definition) is 0. The molecule has 1 nitrogen and oxygen atoms in total. The summed E-state index contributed by atoms with van der Waals surface area (Å²) >= 11 is 0. The predicted octanol–water partition coefficient (Wildman–Crippen LogP) is 11.8. The first-order chi connectivity index (χ1) is 25.3. The summed E-state index contributed by atoms with van der Waals surface area (Å²) in [6.45, 7) is 0. The van der Waals surface area contributed by atoms with Gasteiger partial charge in [0.05, 0.1) is 21.9 Å². The first-order valence-electron chi connectivity index (χ1n) is 18.0. The van der Waals surface area contributed by atoms with E-state index in [1.165, 1.54) is 94.3 Å². The number of hydrogen-bond donors (Lipinski definition) is 0. The van der Waals surface area contributed by atoms with Crippen LogP contribution in [0.3, 0.4) is 0 Å². The zero-order chi connectivity index (χ0) is 33.3. The summed E-state index contributed by atoms with van der Waals surface area (Å²) in [5.41, 5.74) is 18.8. The van der Waals surface area contributed by atoms with Crippen molar-refractivity contribution in [1.29, 1.82) is 0 Å². The van der Waals surface area contributed by atoms with Crippen LogP contribution in [0.2, 0.25) is 0 Å². The Bertz CT molecular complexity index is 2830. The van der Waals surface area contributed by atoms with Gasteiger partial charge in [-0.3, -0.25) is 0 Å². The molecule has 3 aliphatic rings. The Morgan fingerprint density at radius 2 is 0.667 bits per heavy atom. The molecule has 1 heteroatoms. The molecule has 3 aliphatic carbocycles. The molecule has 0 fully saturated rings. The van der Waals surface area contributed by atoms with Gasteiger partial charge in [-0.15, -0.1) is 0 Å². The maximum absolute atomic E-state index is 2.59. The third-order valence-corrected chi connectivity index (χ3v) is 12.3. The van der Waals surface area contributed by atoms with E-state index in [-0.39, 0.29) is 0 Å². The lowest BCUT2D eigenvalue weighted by atomic mass is 9.52. The lowest BCUT2D eigenvalue weighted by Crippen LogP contribution is -2.43. The van der Waals surface area contributed by atoms with Crippen LogP contribution in [0.4, 0.5) is 0 Å². The van der Waals surface area contributed by atoms with Gasteiger partial charge in [0.1, 0.15) is 0 Å². The standard InChI is InChI=1S/C50H31N/c1-2-16-32(17-3-1)51-47-29-15-8-22-37(47)38-30-45-46(31-48(38)51)50(41-25-11-6-20-35(41)36-21-7-12-26-42(36)50)44-28-14-13-27-43(44)49(45)39-23-9-4-18-33(39)34-19-5-10-24-40(34)49/h1-31H. The summed E-state index contributed by atoms with van der Waals surface area (Å²) in [5, 5.41) is 2.55. The van der Waals surface area contributed by atoms with Gasteiger partial charge >= 0.3 is 0 Å². The molecule has 0 N–H and O–H groups in total. The lowest BCUT2D eigenvalue weighted by molar-refractivity contribution is 0.634. The van der Waals surface area contributed by atoms with Crippen LogP contribution in [0.1, 0.15) is 44.5 Å². The zero-order valence-corrected chi connectivity index (χ0v) is 27.8. The molecule has 51 heavy (non-hydrogen) atoms. The molecule has 0 amide bonds. The molecule has 0 atom stereocenters. The highest BCUT2D eigenvalue weighted by atomic mass is 15.0. The fraction of sp³-hybridized carbons (Fsp3) is 0.0400. The minimum absolute atomic E-state index is 0.499. The molecule has 0 aliphatic heterocycles. The first kappa shape index (κ1) is 27.4. The van der Waals surface area contributed by atoms with Crippen molar-refractivity contribution in [2.45, 2.75) is 10.8 Å². The highest BCUT2D eigenvalue weighted by Gasteiger charge is 2.59. The molecular formula is C50H31N. The van der Waals surface area contributed by atoms with Gasteiger partial charge in [0.25, 0.3) is 0 Å². The quantitative estimate of drug-likeness (QED) is 0.167. The maximum atomic E-state index is 2.59. The van der Waals surface area contributed by atoms with Gasteiger partial charge in [0.2, 0.25) is 0 Å². The second kappa shape index (κ2) is 9.62. The Morgan fingerprint density at radius 3 is 1.18 bits per heavy atom. The Labute approximate surface area is 296 Å². The van der Waals surface area contributed by atoms with Gasteiger partial charge < -0.3 is 4.57 Å². The van der Waals surface area contributed by atoms with Crippen LogP contribution in [0, 0.1) is 0 Å². The van der Waals surface area contributed by atoms with E-state index in [1.807, 2.05) is 0 Å². The summed E-state index contributed by atoms with van der Waals surface area (Å²) in [6.07, 6.45) is 0. The van der Waals surface area contributed by atoms with Crippen LogP contribution in [0.5, 0.6) is 0 Å². The number of nitrogens with zero attached hydrogens (tertiary/aromatic N) is 1. The number of benzene rings is 8. The second-order valence-electron chi connectivity index (χ2n) is 14.3. The molecule has 9 aromatic rings. The van der Waals surface area contributed by atoms with E-state index in [2.05, 4.69) is 193 Å². The highest BCUT2D eigenvalue weighted by Crippen LogP contribution is 2.67. The molecule has 236 valence electrons. The smallest absolute Gasteiger partial charge is 0.0720 e. The highest BCUT2D eigenvalue weighted by molar-refractivity contribution is 6.11. The molecule has 0 bridgehead atoms. The van der Waals surface area contributed by atoms with E-state index in [9.17, 15) is 0 Å². The third-order valence-electron chi connectivity index (χ3n) is 12.3. The number of para-hydroxylation sites is 2. The molecule has 1 aromatic heterocycles. The number of aromatic nitrogens is 1. The summed E-state index contributed by atoms with van der Waals surface area (Å²) < 4.78 is 2.48. The van der Waals surface area contributed by atoms with Crippen molar-refractivity contribution >= 4 is 21.8 Å². The van der Waals surface area contributed by atoms with E-state index in [0.717, 1.165) is 0 Å². The van der Waals surface area contributed by atoms with Crippen molar-refractivity contribution in [3.05, 3.63) is 233 Å². The first-order valence-corrected chi connectivity index (χ1v) is 18.0. The molecule has 8 aromatic carbocycles. The van der Waals surface area contributed by atoms with Gasteiger partial charge in [0, 0.05) is 16.5 Å². The van der Waals surface area contributed by atoms with Gasteiger partial charge in [-0.05, 0) is 97.1 Å². The Kier molecular flexibility index (Phi) is 5.17. The molecule has 0 radical (unpaired) electrons. The minimum atomic E-state index is -0.511. The van der Waals surface area contributed by atoms with Gasteiger partial charge in [-0.2, -0.15) is 0 Å². The van der Waals surface area contributed by atoms with E-state index in [1.54, 1.807) is 0 Å². The van der Waals surface area contributed by atoms with Crippen LogP contribution >= 0.6 is 0 Å². The van der Waals surface area contributed by atoms with Crippen molar-refractivity contribution in [2.24, 2.45) is 0 Å². The van der Waals surface area contributed by atoms with E-state index >= 15 is 0 Å². The van der Waals surface area contributed by atoms with E-state index in [0.29, 0.717) is 0 Å². The van der Waals surface area contributed by atoms with Crippen molar-refractivity contribution in [2.75, 3.05) is 0 Å². The van der Waals surface area contributed by atoms with Crippen molar-refractivity contribution in [3.63, 3.8) is 0 Å². The second-order valence-corrected chi connectivity index (χ2v) is 14.3. The lowest BCUT2D eigenvalue weighted by Gasteiger charge is -2.49. The van der Waals surface area contributed by atoms with Crippen LogP contribution in [-0.4, -0.2) is 4.57 Å². The monoisotopic (exact) mass is 645 g/mol. The molecule has 1 heterocycles. The minimum Gasteiger partial charge on any atom is -0.309 e. The van der Waals surface area contributed by atoms with Crippen LogP contribution < -0.4 is 0 Å². The topological polar surface area (TPSA) is 4.93 Å². The summed E-state index contributed by atoms with van der Waals surface area (Å²) in [6, 6.07) is 71.0. The molecule has 0 unspecified atom stereocenters. The maximum Gasteiger partial charge on any atom is 0.0720 e. The number of fused-ring (bicyclic) bond motifs is 19. The van der Waals surface area contributed by atoms with Crippen molar-refractivity contribution in [3.8, 4) is 27.9 Å². The van der Waals surface area contributed by atoms with Gasteiger partial charge in [0.15, 0.2) is 0 Å². The fourth-order valence-electron chi connectivity index (χ4n) is 10.5. The van der Waals surface area contributed by atoms with Gasteiger partial charge in [-0.25, -0.2) is 0 Å². The zero-order valence-electron chi connectivity index (χ0n) is 27.8. The average Bonchev–Trinajstić information content (AvgIpc) is 3.80. The Morgan fingerprint density at radius 1 is 0.275 bits per heavy atom. The van der Waals surface area contributed by atoms with Crippen LogP contribution in [0.15, 0.2) is 188 Å². The molecule has 2 spiro atoms. The van der Waals surface area contributed by atoms with E-state index in [4.69, 9.17) is 0 Å². The SMILES string of the molecule is c1ccc(-n2c3ccccc3c3cc4c(cc32)C2(c3ccccc3-c3ccccc32)c2ccccc2C42c3ccccc3-c3ccccc32)cc1. The van der Waals surface area contributed by atoms with Crippen molar-refractivity contribution in [1.82, 2.24) is 4.57 Å². The Balaban J connectivity index is 1.37. The van der Waals surface area contributed by atoms with Crippen molar-refractivity contribution < 1.29 is 0 Å². The molecular weight excluding hydrogens is 615 g/mol. The normalized spacial score (nSPS) is 15.0. The average molecular weight is 646 g/mol.